The van der Waals surface area contributed by atoms with Gasteiger partial charge in [-0.2, -0.15) is 5.10 Å². The first-order chi connectivity index (χ1) is 13.9. The molecule has 0 unspecified atom stereocenters. The standard InChI is InChI=1S/C21H28BrN3O4/c1-5-7-15-12-16(21(27)28-4)8-9-18(15)29-11-6-10-23-17-13-24-25(14(2)3)20(26)19(17)22/h8-9,12-14,23H,5-7,10-11H2,1-4H3. The van der Waals surface area contributed by atoms with E-state index in [2.05, 4.69) is 33.3 Å². The van der Waals surface area contributed by atoms with Crippen LogP contribution in [0, 0.1) is 0 Å². The first-order valence-corrected chi connectivity index (χ1v) is 10.5. The third-order valence-electron chi connectivity index (χ3n) is 4.33. The minimum Gasteiger partial charge on any atom is -0.493 e. The van der Waals surface area contributed by atoms with E-state index < -0.39 is 0 Å². The molecule has 8 heteroatoms. The number of carbonyl (C=O) groups excluding carboxylic acids is 1. The largest absolute Gasteiger partial charge is 0.493 e. The first kappa shape index (κ1) is 22.9. The molecule has 0 aliphatic carbocycles. The van der Waals surface area contributed by atoms with Gasteiger partial charge in [0.15, 0.2) is 0 Å². The Balaban J connectivity index is 1.92. The first-order valence-electron chi connectivity index (χ1n) is 9.74. The van der Waals surface area contributed by atoms with Crippen molar-refractivity contribution in [2.75, 3.05) is 25.6 Å². The molecule has 0 bridgehead atoms. The Hall–Kier alpha value is -2.35. The van der Waals surface area contributed by atoms with Crippen LogP contribution in [0.1, 0.15) is 55.6 Å². The number of aromatic nitrogens is 2. The highest BCUT2D eigenvalue weighted by Gasteiger charge is 2.12. The second-order valence-electron chi connectivity index (χ2n) is 6.91. The predicted octanol–water partition coefficient (Wildman–Crippen LogP) is 4.21. The van der Waals surface area contributed by atoms with Crippen LogP contribution in [0.15, 0.2) is 33.7 Å². The van der Waals surface area contributed by atoms with Gasteiger partial charge in [0.2, 0.25) is 0 Å². The third kappa shape index (κ3) is 6.06. The summed E-state index contributed by atoms with van der Waals surface area (Å²) in [5, 5.41) is 7.40. The van der Waals surface area contributed by atoms with Gasteiger partial charge in [-0.3, -0.25) is 4.79 Å². The van der Waals surface area contributed by atoms with Crippen molar-refractivity contribution in [2.45, 2.75) is 46.1 Å². The molecular weight excluding hydrogens is 438 g/mol. The van der Waals surface area contributed by atoms with E-state index in [1.807, 2.05) is 26.0 Å². The summed E-state index contributed by atoms with van der Waals surface area (Å²) in [5.41, 5.74) is 2.03. The lowest BCUT2D eigenvalue weighted by Gasteiger charge is -2.14. The monoisotopic (exact) mass is 465 g/mol. The molecule has 0 aliphatic rings. The Bertz CT molecular complexity index is 896. The Kier molecular flexibility index (Phi) is 8.70. The molecule has 158 valence electrons. The van der Waals surface area contributed by atoms with Crippen LogP contribution in [0.4, 0.5) is 5.69 Å². The molecule has 2 aromatic rings. The number of rotatable bonds is 10. The van der Waals surface area contributed by atoms with Crippen LogP contribution in [-0.2, 0) is 11.2 Å². The second kappa shape index (κ2) is 11.0. The lowest BCUT2D eigenvalue weighted by atomic mass is 10.1. The fraction of sp³-hybridized carbons (Fsp3) is 0.476. The van der Waals surface area contributed by atoms with Crippen LogP contribution >= 0.6 is 15.9 Å². The average molecular weight is 466 g/mol. The number of ether oxygens (including phenoxy) is 2. The highest BCUT2D eigenvalue weighted by Crippen LogP contribution is 2.23. The van der Waals surface area contributed by atoms with Gasteiger partial charge in [0.05, 0.1) is 37.2 Å². The van der Waals surface area contributed by atoms with Gasteiger partial charge in [0.1, 0.15) is 10.2 Å². The number of hydrogen-bond donors (Lipinski definition) is 1. The highest BCUT2D eigenvalue weighted by molar-refractivity contribution is 9.10. The molecule has 1 heterocycles. The average Bonchev–Trinajstić information content (AvgIpc) is 2.71. The maximum absolute atomic E-state index is 12.3. The summed E-state index contributed by atoms with van der Waals surface area (Å²) in [6.07, 6.45) is 4.16. The molecule has 1 aromatic heterocycles. The van der Waals surface area contributed by atoms with E-state index in [0.717, 1.165) is 30.6 Å². The van der Waals surface area contributed by atoms with E-state index in [1.54, 1.807) is 12.3 Å². The summed E-state index contributed by atoms with van der Waals surface area (Å²) in [4.78, 5) is 24.0. The van der Waals surface area contributed by atoms with Crippen molar-refractivity contribution in [3.05, 3.63) is 50.3 Å². The van der Waals surface area contributed by atoms with E-state index >= 15 is 0 Å². The summed E-state index contributed by atoms with van der Waals surface area (Å²) in [6, 6.07) is 5.36. The summed E-state index contributed by atoms with van der Waals surface area (Å²) in [5.74, 6) is 0.429. The summed E-state index contributed by atoms with van der Waals surface area (Å²) in [7, 11) is 1.37. The number of nitrogens with one attached hydrogen (secondary N) is 1. The number of hydrogen-bond acceptors (Lipinski definition) is 6. The van der Waals surface area contributed by atoms with Gasteiger partial charge in [-0.05, 0) is 66.4 Å². The van der Waals surface area contributed by atoms with E-state index in [-0.39, 0.29) is 17.6 Å². The van der Waals surface area contributed by atoms with E-state index in [4.69, 9.17) is 9.47 Å². The van der Waals surface area contributed by atoms with Crippen LogP contribution in [0.5, 0.6) is 5.75 Å². The molecule has 0 radical (unpaired) electrons. The van der Waals surface area contributed by atoms with Crippen LogP contribution < -0.4 is 15.6 Å². The molecule has 0 fully saturated rings. The maximum Gasteiger partial charge on any atom is 0.337 e. The third-order valence-corrected chi connectivity index (χ3v) is 5.09. The fourth-order valence-electron chi connectivity index (χ4n) is 2.84. The van der Waals surface area contributed by atoms with Crippen molar-refractivity contribution >= 4 is 27.6 Å². The second-order valence-corrected chi connectivity index (χ2v) is 7.70. The Morgan fingerprint density at radius 1 is 1.34 bits per heavy atom. The molecule has 1 aromatic carbocycles. The van der Waals surface area contributed by atoms with Crippen molar-refractivity contribution in [1.29, 1.82) is 0 Å². The van der Waals surface area contributed by atoms with Crippen LogP contribution in [0.25, 0.3) is 0 Å². The molecule has 0 saturated heterocycles. The number of benzene rings is 1. The van der Waals surface area contributed by atoms with Crippen molar-refractivity contribution in [3.8, 4) is 5.75 Å². The maximum atomic E-state index is 12.3. The number of nitrogens with zero attached hydrogens (tertiary/aromatic N) is 2. The van der Waals surface area contributed by atoms with Gasteiger partial charge >= 0.3 is 5.97 Å². The summed E-state index contributed by atoms with van der Waals surface area (Å²) < 4.78 is 12.6. The molecule has 2 rings (SSSR count). The van der Waals surface area contributed by atoms with Crippen LogP contribution in [0.3, 0.4) is 0 Å². The van der Waals surface area contributed by atoms with Gasteiger partial charge < -0.3 is 14.8 Å². The molecule has 7 nitrogen and oxygen atoms in total. The molecule has 0 amide bonds. The molecule has 0 atom stereocenters. The normalized spacial score (nSPS) is 10.8. The molecular formula is C21H28BrN3O4. The van der Waals surface area contributed by atoms with Crippen LogP contribution in [0.2, 0.25) is 0 Å². The molecule has 29 heavy (non-hydrogen) atoms. The highest BCUT2D eigenvalue weighted by atomic mass is 79.9. The quantitative estimate of drug-likeness (QED) is 0.418. The summed E-state index contributed by atoms with van der Waals surface area (Å²) >= 11 is 3.35. The molecule has 0 spiro atoms. The lowest BCUT2D eigenvalue weighted by molar-refractivity contribution is 0.0600. The number of aryl methyl sites for hydroxylation is 1. The molecule has 0 aliphatic heterocycles. The van der Waals surface area contributed by atoms with Gasteiger partial charge in [0.25, 0.3) is 5.56 Å². The Morgan fingerprint density at radius 3 is 2.76 bits per heavy atom. The number of carbonyl (C=O) groups is 1. The predicted molar refractivity (Wildman–Crippen MR) is 117 cm³/mol. The summed E-state index contributed by atoms with van der Waals surface area (Å²) in [6.45, 7) is 7.05. The van der Waals surface area contributed by atoms with Crippen molar-refractivity contribution < 1.29 is 14.3 Å². The SMILES string of the molecule is CCCc1cc(C(=O)OC)ccc1OCCCNc1cnn(C(C)C)c(=O)c1Br. The number of methoxy groups -OCH3 is 1. The van der Waals surface area contributed by atoms with Gasteiger partial charge in [-0.15, -0.1) is 0 Å². The van der Waals surface area contributed by atoms with Crippen molar-refractivity contribution in [2.24, 2.45) is 0 Å². The van der Waals surface area contributed by atoms with E-state index in [1.165, 1.54) is 11.8 Å². The van der Waals surface area contributed by atoms with Crippen molar-refractivity contribution in [1.82, 2.24) is 9.78 Å². The zero-order chi connectivity index (χ0) is 21.4. The van der Waals surface area contributed by atoms with Gasteiger partial charge in [-0.1, -0.05) is 13.3 Å². The minimum atomic E-state index is -0.350. The molecule has 1 N–H and O–H groups in total. The number of anilines is 1. The van der Waals surface area contributed by atoms with E-state index in [9.17, 15) is 9.59 Å². The zero-order valence-electron chi connectivity index (χ0n) is 17.3. The number of esters is 1. The molecule has 0 saturated carbocycles. The fourth-order valence-corrected chi connectivity index (χ4v) is 3.27. The van der Waals surface area contributed by atoms with Gasteiger partial charge in [0, 0.05) is 6.54 Å². The minimum absolute atomic E-state index is 0.00383. The number of halogens is 1. The smallest absolute Gasteiger partial charge is 0.337 e. The van der Waals surface area contributed by atoms with E-state index in [0.29, 0.717) is 28.9 Å². The topological polar surface area (TPSA) is 82.4 Å². The van der Waals surface area contributed by atoms with Crippen molar-refractivity contribution in [3.63, 3.8) is 0 Å². The van der Waals surface area contributed by atoms with Gasteiger partial charge in [-0.25, -0.2) is 9.48 Å². The zero-order valence-corrected chi connectivity index (χ0v) is 18.9. The Morgan fingerprint density at radius 2 is 2.10 bits per heavy atom. The lowest BCUT2D eigenvalue weighted by Crippen LogP contribution is -2.26. The Labute approximate surface area is 179 Å². The van der Waals surface area contributed by atoms with Crippen LogP contribution in [-0.4, -0.2) is 36.0 Å².